The third-order valence-corrected chi connectivity index (χ3v) is 8.54. The predicted octanol–water partition coefficient (Wildman–Crippen LogP) is 13.1. The molecule has 0 aliphatic heterocycles. The van der Waals surface area contributed by atoms with Crippen LogP contribution in [-0.4, -0.2) is 6.18 Å². The van der Waals surface area contributed by atoms with Crippen molar-refractivity contribution in [3.8, 4) is 0 Å². The zero-order chi connectivity index (χ0) is 32.3. The van der Waals surface area contributed by atoms with Gasteiger partial charge in [-0.25, -0.2) is 0 Å². The zero-order valence-electron chi connectivity index (χ0n) is 28.0. The molecular formula is C40H53F3. The van der Waals surface area contributed by atoms with E-state index in [9.17, 15) is 13.2 Å². The summed E-state index contributed by atoms with van der Waals surface area (Å²) < 4.78 is 41.1. The maximum Gasteiger partial charge on any atom is 0.416 e. The van der Waals surface area contributed by atoms with E-state index in [1.165, 1.54) is 53.7 Å². The van der Waals surface area contributed by atoms with Gasteiger partial charge >= 0.3 is 6.18 Å². The van der Waals surface area contributed by atoms with E-state index >= 15 is 0 Å². The van der Waals surface area contributed by atoms with Crippen molar-refractivity contribution in [2.24, 2.45) is 10.8 Å². The number of halogens is 3. The summed E-state index contributed by atoms with van der Waals surface area (Å²) in [4.78, 5) is 0. The maximum absolute atomic E-state index is 13.7. The van der Waals surface area contributed by atoms with Crippen molar-refractivity contribution in [3.63, 3.8) is 0 Å². The minimum atomic E-state index is -4.41. The van der Waals surface area contributed by atoms with Gasteiger partial charge in [0, 0.05) is 0 Å². The fraction of sp³-hybridized carbons (Fsp3) is 0.450. The van der Waals surface area contributed by atoms with Crippen LogP contribution in [0.1, 0.15) is 101 Å². The molecule has 43 heavy (non-hydrogen) atoms. The molecule has 0 bridgehead atoms. The fourth-order valence-corrected chi connectivity index (χ4v) is 5.89. The molecular weight excluding hydrogens is 537 g/mol. The first-order chi connectivity index (χ1) is 20.0. The molecule has 0 nitrogen and oxygen atoms in total. The van der Waals surface area contributed by atoms with E-state index in [2.05, 4.69) is 71.9 Å². The molecule has 0 aromatic carbocycles. The first-order valence-corrected chi connectivity index (χ1v) is 15.6. The summed E-state index contributed by atoms with van der Waals surface area (Å²) in [5, 5.41) is 0. The minimum absolute atomic E-state index is 0.101. The molecule has 0 heterocycles. The van der Waals surface area contributed by atoms with Crippen LogP contribution in [0.25, 0.3) is 0 Å². The van der Waals surface area contributed by atoms with Gasteiger partial charge in [-0.3, -0.25) is 0 Å². The molecule has 3 heteroatoms. The van der Waals surface area contributed by atoms with Gasteiger partial charge in [0.25, 0.3) is 0 Å². The lowest BCUT2D eigenvalue weighted by molar-refractivity contribution is -0.0881. The number of hydrogen-bond acceptors (Lipinski definition) is 0. The monoisotopic (exact) mass is 590 g/mol. The summed E-state index contributed by atoms with van der Waals surface area (Å²) in [5.74, 6) is 0. The molecule has 2 aliphatic rings. The van der Waals surface area contributed by atoms with Crippen molar-refractivity contribution in [1.29, 1.82) is 0 Å². The second-order valence-corrected chi connectivity index (χ2v) is 13.5. The Bertz CT molecular complexity index is 1320. The lowest BCUT2D eigenvalue weighted by atomic mass is 9.72. The van der Waals surface area contributed by atoms with Gasteiger partial charge in [-0.15, -0.1) is 0 Å². The average Bonchev–Trinajstić information content (AvgIpc) is 2.88. The lowest BCUT2D eigenvalue weighted by Gasteiger charge is -2.33. The van der Waals surface area contributed by atoms with Crippen molar-refractivity contribution >= 4 is 0 Å². The molecule has 0 spiro atoms. The van der Waals surface area contributed by atoms with Crippen molar-refractivity contribution in [2.75, 3.05) is 0 Å². The van der Waals surface area contributed by atoms with Crippen molar-refractivity contribution in [3.05, 3.63) is 130 Å². The molecule has 0 aromatic rings. The van der Waals surface area contributed by atoms with Gasteiger partial charge in [0.1, 0.15) is 0 Å². The van der Waals surface area contributed by atoms with Crippen LogP contribution in [0.2, 0.25) is 0 Å². The number of alkyl halides is 3. The third kappa shape index (κ3) is 12.2. The summed E-state index contributed by atoms with van der Waals surface area (Å²) in [5.41, 5.74) is 7.84. The molecule has 0 saturated carbocycles. The van der Waals surface area contributed by atoms with Gasteiger partial charge in [0.2, 0.25) is 0 Å². The Morgan fingerprint density at radius 1 is 0.581 bits per heavy atom. The van der Waals surface area contributed by atoms with E-state index in [1.807, 2.05) is 45.1 Å². The number of allylic oxidation sites excluding steroid dienone is 22. The summed E-state index contributed by atoms with van der Waals surface area (Å²) in [6.07, 6.45) is 28.0. The Balaban J connectivity index is 2.00. The van der Waals surface area contributed by atoms with E-state index in [0.717, 1.165) is 42.1 Å². The standard InChI is InChI=1S/C40H53F3/c1-30(18-12-19-32(3)24-26-36-33(4)21-14-28-38(36,6)7)16-10-11-17-31(2)20-13-23-35(40(41,42)43)25-27-37-34(5)22-15-29-39(37,8)9/h10-13,16-20,23-27H,14-15,21-22,28-29H2,1-9H3/b11-10+,18-12+,20-13+,26-24+,27-25+,30-16+,31-17+,32-19+,35-23+. The van der Waals surface area contributed by atoms with E-state index in [1.54, 1.807) is 12.2 Å². The summed E-state index contributed by atoms with van der Waals surface area (Å²) in [6, 6.07) is 0. The highest BCUT2D eigenvalue weighted by Crippen LogP contribution is 2.42. The molecule has 234 valence electrons. The second kappa shape index (κ2) is 16.1. The summed E-state index contributed by atoms with van der Waals surface area (Å²) in [7, 11) is 0. The molecule has 0 radical (unpaired) electrons. The Hall–Kier alpha value is -3.07. The Labute approximate surface area is 260 Å². The van der Waals surface area contributed by atoms with Crippen molar-refractivity contribution < 1.29 is 13.2 Å². The van der Waals surface area contributed by atoms with Gasteiger partial charge in [0.05, 0.1) is 5.57 Å². The molecule has 2 aliphatic carbocycles. The quantitative estimate of drug-likeness (QED) is 0.222. The van der Waals surface area contributed by atoms with Crippen LogP contribution in [0.4, 0.5) is 13.2 Å². The van der Waals surface area contributed by atoms with Crippen molar-refractivity contribution in [1.82, 2.24) is 0 Å². The van der Waals surface area contributed by atoms with Gasteiger partial charge in [-0.05, 0) is 101 Å². The fourth-order valence-electron chi connectivity index (χ4n) is 5.89. The maximum atomic E-state index is 13.7. The van der Waals surface area contributed by atoms with Crippen LogP contribution >= 0.6 is 0 Å². The average molecular weight is 591 g/mol. The number of rotatable bonds is 10. The topological polar surface area (TPSA) is 0 Å². The lowest BCUT2D eigenvalue weighted by Crippen LogP contribution is -2.19. The van der Waals surface area contributed by atoms with Crippen LogP contribution < -0.4 is 0 Å². The predicted molar refractivity (Wildman–Crippen MR) is 182 cm³/mol. The Morgan fingerprint density at radius 2 is 0.977 bits per heavy atom. The summed E-state index contributed by atoms with van der Waals surface area (Å²) >= 11 is 0. The van der Waals surface area contributed by atoms with Crippen LogP contribution in [0, 0.1) is 10.8 Å². The molecule has 0 atom stereocenters. The highest BCUT2D eigenvalue weighted by molar-refractivity contribution is 5.40. The minimum Gasteiger partial charge on any atom is -0.166 e. The molecule has 0 saturated heterocycles. The van der Waals surface area contributed by atoms with Crippen LogP contribution in [0.3, 0.4) is 0 Å². The van der Waals surface area contributed by atoms with E-state index in [4.69, 9.17) is 0 Å². The highest BCUT2D eigenvalue weighted by Gasteiger charge is 2.32. The normalized spacial score (nSPS) is 21.7. The van der Waals surface area contributed by atoms with Gasteiger partial charge in [-0.2, -0.15) is 13.2 Å². The smallest absolute Gasteiger partial charge is 0.166 e. The molecule has 0 aromatic heterocycles. The number of hydrogen-bond donors (Lipinski definition) is 0. The van der Waals surface area contributed by atoms with E-state index < -0.39 is 11.7 Å². The molecule has 2 rings (SSSR count). The zero-order valence-corrected chi connectivity index (χ0v) is 28.0. The Kier molecular flexibility index (Phi) is 13.5. The molecule has 0 N–H and O–H groups in total. The first kappa shape index (κ1) is 36.1. The van der Waals surface area contributed by atoms with E-state index in [0.29, 0.717) is 0 Å². The highest BCUT2D eigenvalue weighted by atomic mass is 19.4. The van der Waals surface area contributed by atoms with Crippen LogP contribution in [0.15, 0.2) is 130 Å². The largest absolute Gasteiger partial charge is 0.416 e. The molecule has 0 unspecified atom stereocenters. The van der Waals surface area contributed by atoms with Crippen LogP contribution in [-0.2, 0) is 0 Å². The third-order valence-electron chi connectivity index (χ3n) is 8.54. The van der Waals surface area contributed by atoms with E-state index in [-0.39, 0.29) is 10.8 Å². The summed E-state index contributed by atoms with van der Waals surface area (Å²) in [6.45, 7) is 19.2. The van der Waals surface area contributed by atoms with Crippen LogP contribution in [0.5, 0.6) is 0 Å². The SMILES string of the molecule is CC1=C(/C=C/C(C)=C/C=C/C(C)=C/C=C/C=C(C)/C=C/C=C(\C=C\C2=C(C)CCCC2(C)C)C(F)(F)F)C(C)(C)CCC1. The van der Waals surface area contributed by atoms with Gasteiger partial charge in [0.15, 0.2) is 0 Å². The van der Waals surface area contributed by atoms with Gasteiger partial charge in [-0.1, -0.05) is 135 Å². The van der Waals surface area contributed by atoms with Gasteiger partial charge < -0.3 is 0 Å². The second-order valence-electron chi connectivity index (χ2n) is 13.5. The molecule has 0 amide bonds. The first-order valence-electron chi connectivity index (χ1n) is 15.6. The molecule has 0 fully saturated rings. The van der Waals surface area contributed by atoms with Crippen molar-refractivity contribution in [2.45, 2.75) is 107 Å². The Morgan fingerprint density at radius 3 is 1.42 bits per heavy atom.